The highest BCUT2D eigenvalue weighted by Gasteiger charge is 1.73. The molecule has 0 rings (SSSR count). The molecule has 0 atom stereocenters. The zero-order valence-electron chi connectivity index (χ0n) is 3.77. The SMILES string of the molecule is CN[CH]CC=O. The predicted molar refractivity (Wildman–Crippen MR) is 24.0 cm³/mol. The van der Waals surface area contributed by atoms with Gasteiger partial charge in [0.2, 0.25) is 0 Å². The first-order valence-electron chi connectivity index (χ1n) is 1.84. The Balaban J connectivity index is 2.49. The van der Waals surface area contributed by atoms with Gasteiger partial charge in [0.25, 0.3) is 0 Å². The highest BCUT2D eigenvalue weighted by atomic mass is 16.1. The first-order chi connectivity index (χ1) is 2.91. The average molecular weight is 86.1 g/mol. The van der Waals surface area contributed by atoms with Crippen molar-refractivity contribution in [2.45, 2.75) is 6.42 Å². The first-order valence-corrected chi connectivity index (χ1v) is 1.84. The smallest absolute Gasteiger partial charge is 0.121 e. The van der Waals surface area contributed by atoms with Gasteiger partial charge in [-0.25, -0.2) is 0 Å². The van der Waals surface area contributed by atoms with Gasteiger partial charge in [-0.15, -0.1) is 0 Å². The molecular formula is C4H8NO. The highest BCUT2D eigenvalue weighted by molar-refractivity contribution is 5.50. The first kappa shape index (κ1) is 5.63. The zero-order chi connectivity index (χ0) is 4.83. The molecule has 0 amide bonds. The highest BCUT2D eigenvalue weighted by Crippen LogP contribution is 1.68. The minimum Gasteiger partial charge on any atom is -0.315 e. The molecule has 2 heteroatoms. The van der Waals surface area contributed by atoms with Crippen LogP contribution < -0.4 is 5.32 Å². The minimum atomic E-state index is 0.497. The van der Waals surface area contributed by atoms with Crippen molar-refractivity contribution in [1.82, 2.24) is 5.32 Å². The van der Waals surface area contributed by atoms with Gasteiger partial charge in [0, 0.05) is 13.0 Å². The lowest BCUT2D eigenvalue weighted by Crippen LogP contribution is -1.99. The van der Waals surface area contributed by atoms with E-state index in [1.54, 1.807) is 13.6 Å². The number of aldehydes is 1. The summed E-state index contributed by atoms with van der Waals surface area (Å²) < 4.78 is 0. The van der Waals surface area contributed by atoms with E-state index < -0.39 is 0 Å². The average Bonchev–Trinajstić information content (AvgIpc) is 1.61. The summed E-state index contributed by atoms with van der Waals surface area (Å²) in [5, 5.41) is 2.71. The van der Waals surface area contributed by atoms with Crippen LogP contribution in [0.4, 0.5) is 0 Å². The second-order valence-electron chi connectivity index (χ2n) is 0.895. The number of hydrogen-bond acceptors (Lipinski definition) is 2. The number of carbonyl (C=O) groups excluding carboxylic acids is 1. The van der Waals surface area contributed by atoms with Crippen LogP contribution >= 0.6 is 0 Å². The lowest BCUT2D eigenvalue weighted by atomic mass is 10.5. The molecule has 0 spiro atoms. The van der Waals surface area contributed by atoms with E-state index in [1.807, 2.05) is 0 Å². The van der Waals surface area contributed by atoms with Crippen molar-refractivity contribution in [2.24, 2.45) is 0 Å². The third kappa shape index (κ3) is 3.63. The van der Waals surface area contributed by atoms with Crippen molar-refractivity contribution in [3.8, 4) is 0 Å². The van der Waals surface area contributed by atoms with Gasteiger partial charge in [-0.1, -0.05) is 0 Å². The Morgan fingerprint density at radius 3 is 2.67 bits per heavy atom. The summed E-state index contributed by atoms with van der Waals surface area (Å²) >= 11 is 0. The van der Waals surface area contributed by atoms with Crippen LogP contribution in [0.2, 0.25) is 0 Å². The third-order valence-electron chi connectivity index (χ3n) is 0.418. The molecule has 0 heterocycles. The number of hydrogen-bond donors (Lipinski definition) is 1. The predicted octanol–water partition coefficient (Wildman–Crippen LogP) is -0.0434. The van der Waals surface area contributed by atoms with E-state index in [4.69, 9.17) is 0 Å². The maximum absolute atomic E-state index is 9.49. The fraction of sp³-hybridized carbons (Fsp3) is 0.500. The molecule has 1 N–H and O–H groups in total. The van der Waals surface area contributed by atoms with Crippen LogP contribution in [0.25, 0.3) is 0 Å². The molecule has 0 unspecified atom stereocenters. The van der Waals surface area contributed by atoms with Crippen LogP contribution in [0.3, 0.4) is 0 Å². The van der Waals surface area contributed by atoms with Crippen molar-refractivity contribution in [2.75, 3.05) is 7.05 Å². The normalized spacial score (nSPS) is 8.17. The van der Waals surface area contributed by atoms with E-state index in [9.17, 15) is 4.79 Å². The molecule has 0 aliphatic rings. The largest absolute Gasteiger partial charge is 0.315 e. The van der Waals surface area contributed by atoms with Gasteiger partial charge < -0.3 is 10.1 Å². The topological polar surface area (TPSA) is 29.1 Å². The van der Waals surface area contributed by atoms with E-state index in [0.717, 1.165) is 6.29 Å². The van der Waals surface area contributed by atoms with E-state index in [-0.39, 0.29) is 0 Å². The molecule has 0 aliphatic carbocycles. The van der Waals surface area contributed by atoms with Crippen LogP contribution in [-0.4, -0.2) is 13.3 Å². The summed E-state index contributed by atoms with van der Waals surface area (Å²) in [6, 6.07) is 0. The van der Waals surface area contributed by atoms with Crippen molar-refractivity contribution < 1.29 is 4.79 Å². The zero-order valence-corrected chi connectivity index (χ0v) is 3.77. The molecule has 0 saturated carbocycles. The lowest BCUT2D eigenvalue weighted by Gasteiger charge is -1.83. The minimum absolute atomic E-state index is 0.497. The quantitative estimate of drug-likeness (QED) is 0.385. The van der Waals surface area contributed by atoms with Gasteiger partial charge >= 0.3 is 0 Å². The van der Waals surface area contributed by atoms with Crippen molar-refractivity contribution in [1.29, 1.82) is 0 Å². The van der Waals surface area contributed by atoms with Crippen LogP contribution in [-0.2, 0) is 4.79 Å². The van der Waals surface area contributed by atoms with Gasteiger partial charge in [-0.05, 0) is 7.05 Å². The van der Waals surface area contributed by atoms with Crippen molar-refractivity contribution in [3.05, 3.63) is 6.54 Å². The standard InChI is InChI=1S/C4H8NO/c1-5-3-2-4-6/h3-5H,2H2,1H3. The number of nitrogens with one attached hydrogen (secondary N) is 1. The van der Waals surface area contributed by atoms with E-state index in [0.29, 0.717) is 6.42 Å². The number of carbonyl (C=O) groups is 1. The molecule has 0 aromatic carbocycles. The monoisotopic (exact) mass is 86.1 g/mol. The van der Waals surface area contributed by atoms with Gasteiger partial charge in [0.05, 0.1) is 0 Å². The Morgan fingerprint density at radius 2 is 2.50 bits per heavy atom. The Morgan fingerprint density at radius 1 is 1.83 bits per heavy atom. The second-order valence-corrected chi connectivity index (χ2v) is 0.895. The van der Waals surface area contributed by atoms with E-state index in [1.165, 1.54) is 0 Å². The summed E-state index contributed by atoms with van der Waals surface area (Å²) in [4.78, 5) is 9.49. The van der Waals surface area contributed by atoms with Crippen molar-refractivity contribution >= 4 is 6.29 Å². The van der Waals surface area contributed by atoms with E-state index in [2.05, 4.69) is 5.32 Å². The lowest BCUT2D eigenvalue weighted by molar-refractivity contribution is -0.107. The molecule has 1 radical (unpaired) electrons. The maximum Gasteiger partial charge on any atom is 0.121 e. The Hall–Kier alpha value is -0.370. The van der Waals surface area contributed by atoms with Gasteiger partial charge in [-0.3, -0.25) is 0 Å². The van der Waals surface area contributed by atoms with Gasteiger partial charge in [-0.2, -0.15) is 0 Å². The Bertz CT molecular complexity index is 36.5. The molecule has 0 bridgehead atoms. The Kier molecular flexibility index (Phi) is 4.34. The second kappa shape index (κ2) is 4.63. The fourth-order valence-corrected chi connectivity index (χ4v) is 0.166. The summed E-state index contributed by atoms with van der Waals surface area (Å²) in [7, 11) is 1.77. The van der Waals surface area contributed by atoms with Crippen LogP contribution in [0.5, 0.6) is 0 Å². The summed E-state index contributed by atoms with van der Waals surface area (Å²) in [6.07, 6.45) is 1.34. The van der Waals surface area contributed by atoms with E-state index >= 15 is 0 Å². The summed E-state index contributed by atoms with van der Waals surface area (Å²) in [5.74, 6) is 0. The van der Waals surface area contributed by atoms with Crippen LogP contribution in [0, 0.1) is 6.54 Å². The fourth-order valence-electron chi connectivity index (χ4n) is 0.166. The third-order valence-corrected chi connectivity index (χ3v) is 0.418. The molecule has 6 heavy (non-hydrogen) atoms. The maximum atomic E-state index is 9.49. The molecule has 0 aliphatic heterocycles. The van der Waals surface area contributed by atoms with Crippen molar-refractivity contribution in [3.63, 3.8) is 0 Å². The molecule has 0 aromatic rings. The molecule has 0 fully saturated rings. The Labute approximate surface area is 37.5 Å². The summed E-state index contributed by atoms with van der Waals surface area (Å²) in [5.41, 5.74) is 0. The number of rotatable bonds is 3. The molecule has 0 saturated heterocycles. The van der Waals surface area contributed by atoms with Crippen LogP contribution in [0.1, 0.15) is 6.42 Å². The molecule has 2 nitrogen and oxygen atoms in total. The summed E-state index contributed by atoms with van der Waals surface area (Å²) in [6.45, 7) is 1.69. The molecular weight excluding hydrogens is 78.0 g/mol. The van der Waals surface area contributed by atoms with Gasteiger partial charge in [0.15, 0.2) is 0 Å². The molecule has 35 valence electrons. The van der Waals surface area contributed by atoms with Gasteiger partial charge in [0.1, 0.15) is 6.29 Å². The van der Waals surface area contributed by atoms with Crippen LogP contribution in [0.15, 0.2) is 0 Å². The molecule has 0 aromatic heterocycles.